The summed E-state index contributed by atoms with van der Waals surface area (Å²) in [6.45, 7) is 4.71. The van der Waals surface area contributed by atoms with Gasteiger partial charge in [-0.05, 0) is 29.7 Å². The van der Waals surface area contributed by atoms with E-state index in [-0.39, 0.29) is 36.8 Å². The number of furan rings is 1. The molecule has 9 nitrogen and oxygen atoms in total. The topological polar surface area (TPSA) is 114 Å². The van der Waals surface area contributed by atoms with Crippen molar-refractivity contribution in [2.24, 2.45) is 0 Å². The van der Waals surface area contributed by atoms with Crippen LogP contribution in [0.1, 0.15) is 35.9 Å². The summed E-state index contributed by atoms with van der Waals surface area (Å²) in [4.78, 5) is 24.0. The number of hydrogen-bond acceptors (Lipinski definition) is 6. The van der Waals surface area contributed by atoms with Gasteiger partial charge in [-0.25, -0.2) is 8.42 Å². The molecule has 1 aliphatic heterocycles. The zero-order valence-corrected chi connectivity index (χ0v) is 16.4. The summed E-state index contributed by atoms with van der Waals surface area (Å²) in [5.41, 5.74) is 1.06. The van der Waals surface area contributed by atoms with Crippen LogP contribution in [0.2, 0.25) is 0 Å². The van der Waals surface area contributed by atoms with Gasteiger partial charge in [-0.2, -0.15) is 4.31 Å². The van der Waals surface area contributed by atoms with Crippen molar-refractivity contribution in [3.8, 4) is 0 Å². The number of nitro groups is 1. The van der Waals surface area contributed by atoms with Gasteiger partial charge >= 0.3 is 5.88 Å². The second-order valence-corrected chi connectivity index (χ2v) is 8.75. The maximum absolute atomic E-state index is 12.8. The van der Waals surface area contributed by atoms with Crippen molar-refractivity contribution < 1.29 is 22.6 Å². The molecule has 150 valence electrons. The molecule has 0 aliphatic carbocycles. The van der Waals surface area contributed by atoms with Gasteiger partial charge in [0, 0.05) is 26.2 Å². The minimum atomic E-state index is -3.64. The van der Waals surface area contributed by atoms with Gasteiger partial charge in [-0.3, -0.25) is 14.9 Å². The van der Waals surface area contributed by atoms with Crippen LogP contribution >= 0.6 is 0 Å². The van der Waals surface area contributed by atoms with Crippen LogP contribution in [0.4, 0.5) is 5.88 Å². The third kappa shape index (κ3) is 3.92. The van der Waals surface area contributed by atoms with E-state index < -0.39 is 26.7 Å². The second-order valence-electron chi connectivity index (χ2n) is 6.82. The molecule has 0 N–H and O–H groups in total. The van der Waals surface area contributed by atoms with Gasteiger partial charge < -0.3 is 9.32 Å². The molecular weight excluding hydrogens is 386 g/mol. The Morgan fingerprint density at radius 3 is 2.18 bits per heavy atom. The average molecular weight is 407 g/mol. The first-order valence-electron chi connectivity index (χ1n) is 8.84. The Kier molecular flexibility index (Phi) is 5.52. The lowest BCUT2D eigenvalue weighted by molar-refractivity contribution is -0.402. The molecule has 1 saturated heterocycles. The van der Waals surface area contributed by atoms with Crippen LogP contribution in [0.5, 0.6) is 0 Å². The fourth-order valence-corrected chi connectivity index (χ4v) is 4.42. The van der Waals surface area contributed by atoms with Crippen molar-refractivity contribution in [2.45, 2.75) is 24.7 Å². The number of piperazine rings is 1. The van der Waals surface area contributed by atoms with E-state index in [2.05, 4.69) is 0 Å². The van der Waals surface area contributed by atoms with Gasteiger partial charge in [-0.15, -0.1) is 0 Å². The first-order chi connectivity index (χ1) is 13.2. The van der Waals surface area contributed by atoms with Crippen molar-refractivity contribution >= 4 is 21.8 Å². The SMILES string of the molecule is CC(C)c1ccc(S(=O)(=O)N2CCN(C(=O)c3ccc([N+](=O)[O-])o3)CC2)cc1. The van der Waals surface area contributed by atoms with Crippen molar-refractivity contribution in [2.75, 3.05) is 26.2 Å². The molecule has 3 rings (SSSR count). The Bertz CT molecular complexity index is 973. The van der Waals surface area contributed by atoms with E-state index in [4.69, 9.17) is 4.42 Å². The quantitative estimate of drug-likeness (QED) is 0.556. The smallest absolute Gasteiger partial charge is 0.395 e. The number of carbonyl (C=O) groups excluding carboxylic acids is 1. The van der Waals surface area contributed by atoms with Crippen LogP contribution in [0, 0.1) is 10.1 Å². The number of benzene rings is 1. The van der Waals surface area contributed by atoms with Gasteiger partial charge in [0.2, 0.25) is 10.0 Å². The molecule has 10 heteroatoms. The van der Waals surface area contributed by atoms with Gasteiger partial charge in [-0.1, -0.05) is 26.0 Å². The maximum atomic E-state index is 12.8. The monoisotopic (exact) mass is 407 g/mol. The van der Waals surface area contributed by atoms with Gasteiger partial charge in [0.15, 0.2) is 5.76 Å². The highest BCUT2D eigenvalue weighted by molar-refractivity contribution is 7.89. The van der Waals surface area contributed by atoms with Crippen LogP contribution in [-0.2, 0) is 10.0 Å². The molecule has 1 amide bonds. The highest BCUT2D eigenvalue weighted by atomic mass is 32.2. The Morgan fingerprint density at radius 1 is 1.07 bits per heavy atom. The zero-order chi connectivity index (χ0) is 20.5. The highest BCUT2D eigenvalue weighted by Crippen LogP contribution is 2.22. The summed E-state index contributed by atoms with van der Waals surface area (Å²) in [6.07, 6.45) is 0. The standard InChI is InChI=1S/C18H21N3O6S/c1-13(2)14-3-5-15(6-4-14)28(25,26)20-11-9-19(10-12-20)18(22)16-7-8-17(27-16)21(23)24/h3-8,13H,9-12H2,1-2H3. The Hall–Kier alpha value is -2.72. The lowest BCUT2D eigenvalue weighted by atomic mass is 10.0. The molecule has 1 fully saturated rings. The van der Waals surface area contributed by atoms with E-state index in [9.17, 15) is 23.3 Å². The molecule has 0 radical (unpaired) electrons. The number of rotatable bonds is 5. The highest BCUT2D eigenvalue weighted by Gasteiger charge is 2.31. The predicted molar refractivity (Wildman–Crippen MR) is 101 cm³/mol. The van der Waals surface area contributed by atoms with Crippen LogP contribution in [0.15, 0.2) is 45.7 Å². The molecule has 0 unspecified atom stereocenters. The molecule has 1 aliphatic rings. The average Bonchev–Trinajstić information content (AvgIpc) is 3.18. The number of hydrogen-bond donors (Lipinski definition) is 0. The summed E-state index contributed by atoms with van der Waals surface area (Å²) < 4.78 is 31.9. The minimum absolute atomic E-state index is 0.132. The molecule has 0 atom stereocenters. The van der Waals surface area contributed by atoms with Gasteiger partial charge in [0.1, 0.15) is 4.92 Å². The number of carbonyl (C=O) groups is 1. The molecule has 0 saturated carbocycles. The molecule has 2 heterocycles. The van der Waals surface area contributed by atoms with E-state index in [0.29, 0.717) is 5.92 Å². The molecular formula is C18H21N3O6S. The maximum Gasteiger partial charge on any atom is 0.433 e. The zero-order valence-electron chi connectivity index (χ0n) is 15.6. The Morgan fingerprint density at radius 2 is 1.68 bits per heavy atom. The lowest BCUT2D eigenvalue weighted by Gasteiger charge is -2.33. The normalized spacial score (nSPS) is 15.8. The summed E-state index contributed by atoms with van der Waals surface area (Å²) in [6, 6.07) is 9.19. The Labute approximate surface area is 162 Å². The molecule has 1 aromatic carbocycles. The Balaban J connectivity index is 1.66. The third-order valence-electron chi connectivity index (χ3n) is 4.69. The van der Waals surface area contributed by atoms with Crippen LogP contribution < -0.4 is 0 Å². The molecule has 0 spiro atoms. The molecule has 0 bridgehead atoms. The molecule has 1 aromatic heterocycles. The third-order valence-corrected chi connectivity index (χ3v) is 6.61. The lowest BCUT2D eigenvalue weighted by Crippen LogP contribution is -2.50. The first-order valence-corrected chi connectivity index (χ1v) is 10.3. The number of nitrogens with zero attached hydrogens (tertiary/aromatic N) is 3. The summed E-state index contributed by atoms with van der Waals surface area (Å²) in [5, 5.41) is 10.7. The van der Waals surface area contributed by atoms with E-state index in [0.717, 1.165) is 11.6 Å². The summed E-state index contributed by atoms with van der Waals surface area (Å²) >= 11 is 0. The minimum Gasteiger partial charge on any atom is -0.395 e. The fourth-order valence-electron chi connectivity index (χ4n) is 3.00. The van der Waals surface area contributed by atoms with E-state index in [1.807, 2.05) is 13.8 Å². The van der Waals surface area contributed by atoms with Gasteiger partial charge in [0.05, 0.1) is 11.0 Å². The van der Waals surface area contributed by atoms with Gasteiger partial charge in [0.25, 0.3) is 5.91 Å². The van der Waals surface area contributed by atoms with Crippen LogP contribution in [-0.4, -0.2) is 54.6 Å². The summed E-state index contributed by atoms with van der Waals surface area (Å²) in [7, 11) is -3.64. The second kappa shape index (κ2) is 7.72. The molecule has 2 aromatic rings. The molecule has 28 heavy (non-hydrogen) atoms. The summed E-state index contributed by atoms with van der Waals surface area (Å²) in [5.74, 6) is -0.822. The first kappa shape index (κ1) is 20.0. The van der Waals surface area contributed by atoms with Crippen LogP contribution in [0.3, 0.4) is 0 Å². The van der Waals surface area contributed by atoms with E-state index in [1.165, 1.54) is 15.3 Å². The largest absolute Gasteiger partial charge is 0.433 e. The van der Waals surface area contributed by atoms with Crippen molar-refractivity contribution in [1.82, 2.24) is 9.21 Å². The van der Waals surface area contributed by atoms with Crippen LogP contribution in [0.25, 0.3) is 0 Å². The number of amides is 1. The van der Waals surface area contributed by atoms with Crippen molar-refractivity contribution in [3.05, 3.63) is 57.8 Å². The number of sulfonamides is 1. The van der Waals surface area contributed by atoms with Crippen molar-refractivity contribution in [1.29, 1.82) is 0 Å². The van der Waals surface area contributed by atoms with Crippen molar-refractivity contribution in [3.63, 3.8) is 0 Å². The fraction of sp³-hybridized carbons (Fsp3) is 0.389. The van der Waals surface area contributed by atoms with E-state index >= 15 is 0 Å². The van der Waals surface area contributed by atoms with E-state index in [1.54, 1.807) is 24.3 Å². The predicted octanol–water partition coefficient (Wildman–Crippen LogP) is 2.46.